The first-order chi connectivity index (χ1) is 4.57. The second-order valence-corrected chi connectivity index (χ2v) is 2.00. The van der Waals surface area contributed by atoms with Crippen molar-refractivity contribution in [1.82, 2.24) is 0 Å². The topological polar surface area (TPSA) is 66.4 Å². The van der Waals surface area contributed by atoms with Crippen LogP contribution in [0.1, 0.15) is 13.3 Å². The van der Waals surface area contributed by atoms with Gasteiger partial charge in [-0.1, -0.05) is 6.92 Å². The third-order valence-electron chi connectivity index (χ3n) is 1.10. The van der Waals surface area contributed by atoms with Crippen molar-refractivity contribution in [1.29, 1.82) is 0 Å². The van der Waals surface area contributed by atoms with Crippen molar-refractivity contribution >= 4 is 11.9 Å². The zero-order valence-corrected chi connectivity index (χ0v) is 5.92. The summed E-state index contributed by atoms with van der Waals surface area (Å²) in [5.41, 5.74) is 0. The van der Waals surface area contributed by atoms with Gasteiger partial charge < -0.3 is 14.6 Å². The number of carbonyl (C=O) groups excluding carboxylic acids is 2. The summed E-state index contributed by atoms with van der Waals surface area (Å²) in [4.78, 5) is 20.4. The van der Waals surface area contributed by atoms with Crippen LogP contribution >= 0.6 is 0 Å². The van der Waals surface area contributed by atoms with Crippen molar-refractivity contribution in [3.05, 3.63) is 0 Å². The molecule has 0 N–H and O–H groups in total. The van der Waals surface area contributed by atoms with E-state index in [1.54, 1.807) is 0 Å². The lowest BCUT2D eigenvalue weighted by molar-refractivity contribution is -0.311. The quantitative estimate of drug-likeness (QED) is 0.474. The van der Waals surface area contributed by atoms with E-state index in [-0.39, 0.29) is 6.42 Å². The first kappa shape index (κ1) is 8.94. The van der Waals surface area contributed by atoms with E-state index in [1.807, 2.05) is 0 Å². The molecule has 0 bridgehead atoms. The molecule has 0 aromatic heterocycles. The Bertz CT molecular complexity index is 141. The molecule has 0 aliphatic heterocycles. The van der Waals surface area contributed by atoms with Crippen LogP contribution in [0.25, 0.3) is 0 Å². The summed E-state index contributed by atoms with van der Waals surface area (Å²) in [7, 11) is 1.21. The molecule has 1 atom stereocenters. The van der Waals surface area contributed by atoms with E-state index in [9.17, 15) is 14.7 Å². The van der Waals surface area contributed by atoms with Crippen LogP contribution in [0.4, 0.5) is 0 Å². The Labute approximate surface area is 58.8 Å². The highest BCUT2D eigenvalue weighted by atomic mass is 16.5. The normalized spacial score (nSPS) is 12.2. The Morgan fingerprint density at radius 1 is 1.60 bits per heavy atom. The maximum absolute atomic E-state index is 10.4. The van der Waals surface area contributed by atoms with E-state index in [0.717, 1.165) is 0 Å². The molecule has 0 saturated heterocycles. The van der Waals surface area contributed by atoms with Crippen LogP contribution in [0.2, 0.25) is 0 Å². The number of carboxylic acids is 1. The summed E-state index contributed by atoms with van der Waals surface area (Å²) in [6.45, 7) is 1.40. The second-order valence-electron chi connectivity index (χ2n) is 2.00. The number of carbonyl (C=O) groups is 2. The molecule has 0 radical (unpaired) electrons. The van der Waals surface area contributed by atoms with Crippen molar-refractivity contribution in [3.8, 4) is 0 Å². The predicted octanol–water partition coefficient (Wildman–Crippen LogP) is -1.06. The number of ether oxygens (including phenoxy) is 1. The van der Waals surface area contributed by atoms with Gasteiger partial charge in [0.15, 0.2) is 0 Å². The van der Waals surface area contributed by atoms with E-state index in [2.05, 4.69) is 4.74 Å². The summed E-state index contributed by atoms with van der Waals surface area (Å²) in [5.74, 6) is -2.53. The minimum absolute atomic E-state index is 0.126. The van der Waals surface area contributed by atoms with Crippen molar-refractivity contribution < 1.29 is 19.4 Å². The first-order valence-electron chi connectivity index (χ1n) is 2.85. The fourth-order valence-electron chi connectivity index (χ4n) is 0.417. The zero-order chi connectivity index (χ0) is 8.15. The molecule has 0 unspecified atom stereocenters. The summed E-state index contributed by atoms with van der Waals surface area (Å²) in [6, 6.07) is 0. The minimum atomic E-state index is -1.23. The molecule has 0 spiro atoms. The van der Waals surface area contributed by atoms with Crippen LogP contribution in [0.3, 0.4) is 0 Å². The number of rotatable bonds is 3. The Hall–Kier alpha value is -1.06. The maximum atomic E-state index is 10.4. The van der Waals surface area contributed by atoms with E-state index in [4.69, 9.17) is 0 Å². The lowest BCUT2D eigenvalue weighted by Gasteiger charge is -2.09. The Kier molecular flexibility index (Phi) is 3.46. The third kappa shape index (κ3) is 3.06. The highest BCUT2D eigenvalue weighted by Crippen LogP contribution is 2.00. The van der Waals surface area contributed by atoms with Gasteiger partial charge in [-0.15, -0.1) is 0 Å². The summed E-state index contributed by atoms with van der Waals surface area (Å²) in [5, 5.41) is 10.0. The van der Waals surface area contributed by atoms with Crippen LogP contribution in [0.5, 0.6) is 0 Å². The van der Waals surface area contributed by atoms with Crippen LogP contribution in [0, 0.1) is 5.92 Å². The van der Waals surface area contributed by atoms with E-state index in [1.165, 1.54) is 14.0 Å². The number of hydrogen-bond donors (Lipinski definition) is 0. The Morgan fingerprint density at radius 3 is 2.40 bits per heavy atom. The van der Waals surface area contributed by atoms with Crippen LogP contribution in [-0.2, 0) is 14.3 Å². The third-order valence-corrected chi connectivity index (χ3v) is 1.10. The highest BCUT2D eigenvalue weighted by molar-refractivity contribution is 5.77. The molecule has 0 saturated carbocycles. The van der Waals surface area contributed by atoms with Gasteiger partial charge in [-0.2, -0.15) is 0 Å². The average molecular weight is 145 g/mol. The van der Waals surface area contributed by atoms with Gasteiger partial charge in [-0.3, -0.25) is 4.79 Å². The largest absolute Gasteiger partial charge is 0.550 e. The molecular weight excluding hydrogens is 136 g/mol. The average Bonchev–Trinajstić information content (AvgIpc) is 1.87. The number of aliphatic carboxylic acids is 1. The number of hydrogen-bond acceptors (Lipinski definition) is 4. The zero-order valence-electron chi connectivity index (χ0n) is 5.92. The molecule has 0 aromatic carbocycles. The fourth-order valence-corrected chi connectivity index (χ4v) is 0.417. The Balaban J connectivity index is 3.68. The number of carboxylic acid groups (broad SMARTS) is 1. The smallest absolute Gasteiger partial charge is 0.306 e. The van der Waals surface area contributed by atoms with Gasteiger partial charge in [-0.25, -0.2) is 0 Å². The van der Waals surface area contributed by atoms with E-state index < -0.39 is 17.9 Å². The molecule has 4 heteroatoms. The Morgan fingerprint density at radius 2 is 2.10 bits per heavy atom. The van der Waals surface area contributed by atoms with Crippen molar-refractivity contribution in [2.45, 2.75) is 13.3 Å². The fraction of sp³-hybridized carbons (Fsp3) is 0.667. The van der Waals surface area contributed by atoms with Gasteiger partial charge in [0.05, 0.1) is 13.5 Å². The molecule has 4 nitrogen and oxygen atoms in total. The molecule has 0 aliphatic carbocycles. The second kappa shape index (κ2) is 3.87. The molecular formula is C6H9O4-. The monoisotopic (exact) mass is 145 g/mol. The predicted molar refractivity (Wildman–Crippen MR) is 30.8 cm³/mol. The molecule has 58 valence electrons. The van der Waals surface area contributed by atoms with Crippen LogP contribution < -0.4 is 5.11 Å². The van der Waals surface area contributed by atoms with Gasteiger partial charge in [0.1, 0.15) is 0 Å². The number of methoxy groups -OCH3 is 1. The van der Waals surface area contributed by atoms with E-state index in [0.29, 0.717) is 0 Å². The van der Waals surface area contributed by atoms with Crippen molar-refractivity contribution in [3.63, 3.8) is 0 Å². The molecule has 10 heavy (non-hydrogen) atoms. The molecule has 0 heterocycles. The lowest BCUT2D eigenvalue weighted by atomic mass is 10.1. The van der Waals surface area contributed by atoms with Gasteiger partial charge >= 0.3 is 5.97 Å². The summed E-state index contributed by atoms with van der Waals surface area (Å²) < 4.78 is 4.24. The maximum Gasteiger partial charge on any atom is 0.306 e. The van der Waals surface area contributed by atoms with Crippen LogP contribution in [-0.4, -0.2) is 19.0 Å². The summed E-state index contributed by atoms with van der Waals surface area (Å²) in [6.07, 6.45) is -0.126. The molecule has 0 rings (SSSR count). The molecule has 0 fully saturated rings. The van der Waals surface area contributed by atoms with E-state index >= 15 is 0 Å². The van der Waals surface area contributed by atoms with Crippen molar-refractivity contribution in [2.24, 2.45) is 5.92 Å². The standard InChI is InChI=1S/C6H10O4/c1-4(6(8)9)3-5(7)10-2/h4H,3H2,1-2H3,(H,8,9)/p-1/t4-/m1/s1. The van der Waals surface area contributed by atoms with Gasteiger partial charge in [0, 0.05) is 11.9 Å². The summed E-state index contributed by atoms with van der Waals surface area (Å²) >= 11 is 0. The van der Waals surface area contributed by atoms with Crippen molar-refractivity contribution in [2.75, 3.05) is 7.11 Å². The van der Waals surface area contributed by atoms with Gasteiger partial charge in [0.2, 0.25) is 0 Å². The van der Waals surface area contributed by atoms with Gasteiger partial charge in [-0.05, 0) is 0 Å². The number of esters is 1. The van der Waals surface area contributed by atoms with Gasteiger partial charge in [0.25, 0.3) is 0 Å². The SMILES string of the molecule is COC(=O)C[C@@H](C)C(=O)[O-]. The molecule has 0 aromatic rings. The minimum Gasteiger partial charge on any atom is -0.550 e. The molecule has 0 aliphatic rings. The first-order valence-corrected chi connectivity index (χ1v) is 2.85. The highest BCUT2D eigenvalue weighted by Gasteiger charge is 2.08. The van der Waals surface area contributed by atoms with Crippen LogP contribution in [0.15, 0.2) is 0 Å². The molecule has 0 amide bonds. The lowest BCUT2D eigenvalue weighted by Crippen LogP contribution is -2.31.